The first-order chi connectivity index (χ1) is 15.7. The molecule has 0 bridgehead atoms. The van der Waals surface area contributed by atoms with Gasteiger partial charge < -0.3 is 15.3 Å². The predicted octanol–water partition coefficient (Wildman–Crippen LogP) is 4.28. The van der Waals surface area contributed by atoms with Crippen LogP contribution in [0.15, 0.2) is 53.1 Å². The van der Waals surface area contributed by atoms with Gasteiger partial charge in [0, 0.05) is 23.8 Å². The van der Waals surface area contributed by atoms with Gasteiger partial charge in [-0.2, -0.15) is 0 Å². The molecule has 33 heavy (non-hydrogen) atoms. The average Bonchev–Trinajstić information content (AvgIpc) is 2.74. The Balaban J connectivity index is 1.64. The first-order valence-electron chi connectivity index (χ1n) is 10.6. The summed E-state index contributed by atoms with van der Waals surface area (Å²) in [5, 5.41) is 32.3. The first kappa shape index (κ1) is 21.4. The maximum Gasteiger partial charge on any atom is 0.196 e. The molecule has 0 aliphatic heterocycles. The number of nitrogens with zero attached hydrogens (tertiary/aromatic N) is 1. The van der Waals surface area contributed by atoms with E-state index in [1.165, 1.54) is 13.0 Å². The number of allylic oxidation sites excluding steroid dienone is 4. The first-order valence-corrected chi connectivity index (χ1v) is 11.0. The number of Topliss-reactive ketones (excluding diaryl/α,β-unsaturated/α-hetero) is 3. The van der Waals surface area contributed by atoms with Gasteiger partial charge >= 0.3 is 0 Å². The molecular formula is C25H20ClNO6. The third-order valence-electron chi connectivity index (χ3n) is 6.91. The largest absolute Gasteiger partial charge is 0.511 e. The number of rotatable bonds is 2. The number of ketones is 3. The molecule has 7 nitrogen and oxygen atoms in total. The van der Waals surface area contributed by atoms with Crippen LogP contribution in [0.25, 0.3) is 11.1 Å². The number of hydrogen-bond donors (Lipinski definition) is 3. The minimum Gasteiger partial charge on any atom is -0.511 e. The van der Waals surface area contributed by atoms with Crippen LogP contribution in [0.5, 0.6) is 5.75 Å². The minimum absolute atomic E-state index is 0.0776. The molecule has 3 aliphatic carbocycles. The Bertz CT molecular complexity index is 1310. The fourth-order valence-electron chi connectivity index (χ4n) is 5.56. The summed E-state index contributed by atoms with van der Waals surface area (Å²) in [6.07, 6.45) is 2.40. The van der Waals surface area contributed by atoms with E-state index in [-0.39, 0.29) is 40.4 Å². The van der Waals surface area contributed by atoms with Crippen molar-refractivity contribution in [2.45, 2.75) is 26.2 Å². The van der Waals surface area contributed by atoms with Crippen LogP contribution in [0.3, 0.4) is 0 Å². The van der Waals surface area contributed by atoms with Crippen LogP contribution in [0, 0.1) is 17.8 Å². The molecule has 3 atom stereocenters. The molecule has 1 heterocycles. The molecule has 2 aromatic rings. The van der Waals surface area contributed by atoms with E-state index in [9.17, 15) is 29.7 Å². The summed E-state index contributed by atoms with van der Waals surface area (Å²) in [6, 6.07) is 6.55. The number of aliphatic hydroxyl groups is 2. The Hall–Kier alpha value is -3.45. The van der Waals surface area contributed by atoms with Gasteiger partial charge in [-0.25, -0.2) is 4.98 Å². The van der Waals surface area contributed by atoms with Crippen molar-refractivity contribution in [1.82, 2.24) is 4.98 Å². The highest BCUT2D eigenvalue weighted by Gasteiger charge is 2.50. The zero-order valence-corrected chi connectivity index (χ0v) is 18.4. The number of halogens is 1. The number of benzene rings is 1. The number of hydrogen-bond acceptors (Lipinski definition) is 7. The summed E-state index contributed by atoms with van der Waals surface area (Å²) in [4.78, 5) is 42.5. The van der Waals surface area contributed by atoms with Crippen LogP contribution in [0.2, 0.25) is 5.15 Å². The third-order valence-corrected chi connectivity index (χ3v) is 7.14. The maximum absolute atomic E-state index is 13.5. The zero-order valence-electron chi connectivity index (χ0n) is 17.6. The molecule has 0 amide bonds. The fourth-order valence-corrected chi connectivity index (χ4v) is 5.67. The standard InChI is InChI=1S/C25H20ClNO6/c1-10(28)19-17(30)8-13-6-12-7-15-14(11-2-5-18(26)27-9-11)3-4-16(29)22(15)25(33)20(12)24(32)21(13)23(19)31/h2-5,9,12-13,21,29-30,32H,6-8H2,1H3. The molecule has 8 heteroatoms. The van der Waals surface area contributed by atoms with E-state index in [0.29, 0.717) is 23.6 Å². The monoisotopic (exact) mass is 465 g/mol. The lowest BCUT2D eigenvalue weighted by atomic mass is 9.62. The molecule has 0 fully saturated rings. The lowest BCUT2D eigenvalue weighted by Gasteiger charge is -2.41. The summed E-state index contributed by atoms with van der Waals surface area (Å²) >= 11 is 5.90. The number of fused-ring (bicyclic) bond motifs is 3. The molecule has 5 rings (SSSR count). The fraction of sp³-hybridized carbons (Fsp3) is 0.280. The van der Waals surface area contributed by atoms with Crippen LogP contribution < -0.4 is 0 Å². The van der Waals surface area contributed by atoms with Crippen LogP contribution in [0.4, 0.5) is 0 Å². The number of phenols is 1. The number of pyridine rings is 1. The molecule has 0 saturated carbocycles. The highest BCUT2D eigenvalue weighted by Crippen LogP contribution is 2.50. The van der Waals surface area contributed by atoms with E-state index >= 15 is 0 Å². The van der Waals surface area contributed by atoms with Crippen LogP contribution >= 0.6 is 11.6 Å². The molecule has 1 aromatic carbocycles. The van der Waals surface area contributed by atoms with Gasteiger partial charge in [-0.1, -0.05) is 17.7 Å². The molecular weight excluding hydrogens is 446 g/mol. The Morgan fingerprint density at radius 1 is 1.09 bits per heavy atom. The Morgan fingerprint density at radius 3 is 2.52 bits per heavy atom. The highest BCUT2D eigenvalue weighted by molar-refractivity contribution is 6.29. The van der Waals surface area contributed by atoms with E-state index < -0.39 is 35.1 Å². The van der Waals surface area contributed by atoms with Crippen molar-refractivity contribution in [1.29, 1.82) is 0 Å². The lowest BCUT2D eigenvalue weighted by Crippen LogP contribution is -2.42. The van der Waals surface area contributed by atoms with E-state index in [0.717, 1.165) is 11.1 Å². The van der Waals surface area contributed by atoms with Crippen molar-refractivity contribution in [2.24, 2.45) is 17.8 Å². The van der Waals surface area contributed by atoms with Crippen molar-refractivity contribution >= 4 is 29.0 Å². The molecule has 0 saturated heterocycles. The molecule has 168 valence electrons. The Morgan fingerprint density at radius 2 is 1.85 bits per heavy atom. The molecule has 3 N–H and O–H groups in total. The van der Waals surface area contributed by atoms with Gasteiger partial charge in [0.15, 0.2) is 17.3 Å². The Labute approximate surface area is 194 Å². The average molecular weight is 466 g/mol. The maximum atomic E-state index is 13.5. The highest BCUT2D eigenvalue weighted by atomic mass is 35.5. The number of aromatic hydroxyl groups is 1. The van der Waals surface area contributed by atoms with Gasteiger partial charge in [0.1, 0.15) is 22.4 Å². The number of phenolic OH excluding ortho intramolecular Hbond substituents is 1. The van der Waals surface area contributed by atoms with E-state index in [2.05, 4.69) is 4.98 Å². The van der Waals surface area contributed by atoms with Gasteiger partial charge in [-0.15, -0.1) is 0 Å². The normalized spacial score (nSPS) is 24.4. The minimum atomic E-state index is -1.05. The van der Waals surface area contributed by atoms with Gasteiger partial charge in [0.05, 0.1) is 17.1 Å². The summed E-state index contributed by atoms with van der Waals surface area (Å²) in [5.74, 6) is -4.48. The van der Waals surface area contributed by atoms with Crippen LogP contribution in [0.1, 0.15) is 35.7 Å². The summed E-state index contributed by atoms with van der Waals surface area (Å²) in [5.41, 5.74) is 1.96. The molecule has 0 spiro atoms. The van der Waals surface area contributed by atoms with Crippen LogP contribution in [-0.2, 0) is 16.0 Å². The molecule has 1 aromatic heterocycles. The SMILES string of the molecule is CC(=O)C1=C(O)CC2CC3Cc4c(-c5ccc(Cl)nc5)ccc(O)c4C(=O)C3=C(O)C2C1=O. The van der Waals surface area contributed by atoms with Gasteiger partial charge in [0.25, 0.3) is 0 Å². The second kappa shape index (κ2) is 7.56. The zero-order chi connectivity index (χ0) is 23.6. The number of carbonyl (C=O) groups excluding carboxylic acids is 3. The second-order valence-corrected chi connectivity index (χ2v) is 9.19. The van der Waals surface area contributed by atoms with Gasteiger partial charge in [0.2, 0.25) is 0 Å². The van der Waals surface area contributed by atoms with E-state index in [4.69, 9.17) is 11.6 Å². The topological polar surface area (TPSA) is 125 Å². The van der Waals surface area contributed by atoms with E-state index in [1.807, 2.05) is 0 Å². The van der Waals surface area contributed by atoms with Gasteiger partial charge in [-0.05, 0) is 60.9 Å². The van der Waals surface area contributed by atoms with Crippen LogP contribution in [-0.4, -0.2) is 37.7 Å². The van der Waals surface area contributed by atoms with Crippen molar-refractivity contribution in [3.8, 4) is 16.9 Å². The molecule has 3 unspecified atom stereocenters. The third kappa shape index (κ3) is 3.18. The molecule has 0 radical (unpaired) electrons. The van der Waals surface area contributed by atoms with Crippen molar-refractivity contribution < 1.29 is 29.7 Å². The predicted molar refractivity (Wildman–Crippen MR) is 119 cm³/mol. The van der Waals surface area contributed by atoms with Crippen molar-refractivity contribution in [3.05, 3.63) is 69.4 Å². The Kier molecular flexibility index (Phi) is 4.90. The molecule has 3 aliphatic rings. The summed E-state index contributed by atoms with van der Waals surface area (Å²) < 4.78 is 0. The number of aliphatic hydroxyl groups excluding tert-OH is 2. The van der Waals surface area contributed by atoms with Crippen molar-refractivity contribution in [3.63, 3.8) is 0 Å². The lowest BCUT2D eigenvalue weighted by molar-refractivity contribution is -0.125. The smallest absolute Gasteiger partial charge is 0.196 e. The van der Waals surface area contributed by atoms with Crippen molar-refractivity contribution in [2.75, 3.05) is 0 Å². The number of carbonyl (C=O) groups is 3. The number of aromatic nitrogens is 1. The quantitative estimate of drug-likeness (QED) is 0.446. The van der Waals surface area contributed by atoms with E-state index in [1.54, 1.807) is 24.4 Å². The summed E-state index contributed by atoms with van der Waals surface area (Å²) in [7, 11) is 0. The van der Waals surface area contributed by atoms with Gasteiger partial charge in [-0.3, -0.25) is 14.4 Å². The second-order valence-electron chi connectivity index (χ2n) is 8.80. The summed E-state index contributed by atoms with van der Waals surface area (Å²) in [6.45, 7) is 1.19.